The summed E-state index contributed by atoms with van der Waals surface area (Å²) in [5.74, 6) is -2.60. The number of aliphatic carboxylic acids is 1. The second-order valence-electron chi connectivity index (χ2n) is 10.2. The molecule has 2 atom stereocenters. The predicted molar refractivity (Wildman–Crippen MR) is 125 cm³/mol. The van der Waals surface area contributed by atoms with Crippen molar-refractivity contribution in [3.8, 4) is 11.1 Å². The molecule has 2 N–H and O–H groups in total. The van der Waals surface area contributed by atoms with Crippen LogP contribution in [0.25, 0.3) is 11.1 Å². The van der Waals surface area contributed by atoms with Crippen molar-refractivity contribution in [2.24, 2.45) is 5.41 Å². The Labute approximate surface area is 210 Å². The van der Waals surface area contributed by atoms with Crippen LogP contribution in [0, 0.1) is 5.41 Å². The summed E-state index contributed by atoms with van der Waals surface area (Å²) in [7, 11) is 0. The van der Waals surface area contributed by atoms with E-state index in [0.717, 1.165) is 12.1 Å². The lowest BCUT2D eigenvalue weighted by atomic mass is 9.85. The van der Waals surface area contributed by atoms with Crippen molar-refractivity contribution in [1.82, 2.24) is 10.2 Å². The van der Waals surface area contributed by atoms with E-state index in [1.807, 2.05) is 0 Å². The summed E-state index contributed by atoms with van der Waals surface area (Å²) in [6.45, 7) is 3.30. The average molecular weight is 516 g/mol. The number of carboxylic acids is 1. The molecule has 196 valence electrons. The van der Waals surface area contributed by atoms with E-state index in [0.29, 0.717) is 5.56 Å². The van der Waals surface area contributed by atoms with Crippen LogP contribution in [0.4, 0.5) is 18.9 Å². The summed E-state index contributed by atoms with van der Waals surface area (Å²) in [6, 6.07) is 7.84. The van der Waals surface area contributed by atoms with E-state index < -0.39 is 52.9 Å². The number of hydrogen-bond acceptors (Lipinski definition) is 5. The van der Waals surface area contributed by atoms with Crippen molar-refractivity contribution in [3.05, 3.63) is 53.6 Å². The fraction of sp³-hybridized carbons (Fsp3) is 0.385. The summed E-state index contributed by atoms with van der Waals surface area (Å²) in [5.41, 5.74) is -0.621. The Balaban J connectivity index is 1.54. The van der Waals surface area contributed by atoms with Crippen molar-refractivity contribution >= 4 is 29.4 Å². The van der Waals surface area contributed by atoms with Gasteiger partial charge in [-0.2, -0.15) is 13.2 Å². The Hall–Kier alpha value is -3.89. The molecule has 3 amide bonds. The largest absolute Gasteiger partial charge is 0.550 e. The number of halogens is 3. The third-order valence-corrected chi connectivity index (χ3v) is 6.52. The standard InChI is InChI=1S/C26H26F3N3O5/c1-25(2,12-22(34)35)11-21(33)30-17-10-20-23(36)31-19-7-6-15(9-18(19)24(37)32(20)13-17)14-4-3-5-16(8-14)26(27,28)29/h3-9,17,20H,10-13H2,1-2H3,(H,30,33)(H,31,36)(H,34,35)/p-1/t17-,20-/m0/s1. The molecule has 37 heavy (non-hydrogen) atoms. The highest BCUT2D eigenvalue weighted by atomic mass is 19.4. The Morgan fingerprint density at radius 2 is 1.78 bits per heavy atom. The molecular formula is C26H25F3N3O5-. The predicted octanol–water partition coefficient (Wildman–Crippen LogP) is 2.58. The molecule has 2 aliphatic heterocycles. The molecular weight excluding hydrogens is 491 g/mol. The first kappa shape index (κ1) is 26.2. The first-order valence-electron chi connectivity index (χ1n) is 11.7. The lowest BCUT2D eigenvalue weighted by Crippen LogP contribution is -2.41. The molecule has 0 aromatic heterocycles. The van der Waals surface area contributed by atoms with Gasteiger partial charge in [0, 0.05) is 25.0 Å². The molecule has 0 aliphatic carbocycles. The highest BCUT2D eigenvalue weighted by Crippen LogP contribution is 2.35. The van der Waals surface area contributed by atoms with E-state index in [1.54, 1.807) is 13.8 Å². The van der Waals surface area contributed by atoms with E-state index in [-0.39, 0.29) is 42.6 Å². The van der Waals surface area contributed by atoms with Crippen LogP contribution in [0.3, 0.4) is 0 Å². The van der Waals surface area contributed by atoms with Gasteiger partial charge in [-0.15, -0.1) is 0 Å². The van der Waals surface area contributed by atoms with Crippen LogP contribution in [-0.2, 0) is 20.6 Å². The fourth-order valence-corrected chi connectivity index (χ4v) is 4.84. The van der Waals surface area contributed by atoms with Crippen LogP contribution in [0.15, 0.2) is 42.5 Å². The van der Waals surface area contributed by atoms with Gasteiger partial charge in [0.25, 0.3) is 5.91 Å². The molecule has 2 aromatic rings. The highest BCUT2D eigenvalue weighted by molar-refractivity contribution is 6.11. The van der Waals surface area contributed by atoms with Crippen LogP contribution in [0.1, 0.15) is 49.0 Å². The molecule has 0 bridgehead atoms. The highest BCUT2D eigenvalue weighted by Gasteiger charge is 2.43. The zero-order chi connectivity index (χ0) is 27.1. The third kappa shape index (κ3) is 5.76. The van der Waals surface area contributed by atoms with Gasteiger partial charge in [0.1, 0.15) is 6.04 Å². The number of benzene rings is 2. The van der Waals surface area contributed by atoms with Gasteiger partial charge in [0.15, 0.2) is 0 Å². The fourth-order valence-electron chi connectivity index (χ4n) is 4.84. The lowest BCUT2D eigenvalue weighted by Gasteiger charge is -2.25. The summed E-state index contributed by atoms with van der Waals surface area (Å²) in [5, 5.41) is 16.4. The minimum absolute atomic E-state index is 0.0524. The molecule has 1 saturated heterocycles. The van der Waals surface area contributed by atoms with Gasteiger partial charge in [-0.25, -0.2) is 0 Å². The SMILES string of the molecule is CC(C)(CC(=O)[O-])CC(=O)N[C@H]1C[C@H]2C(=O)Nc3ccc(-c4cccc(C(F)(F)F)c4)cc3C(=O)N2C1. The second-order valence-corrected chi connectivity index (χ2v) is 10.2. The maximum atomic E-state index is 13.4. The number of rotatable bonds is 6. The average Bonchev–Trinajstić information content (AvgIpc) is 3.17. The lowest BCUT2D eigenvalue weighted by molar-refractivity contribution is -0.307. The Morgan fingerprint density at radius 3 is 2.46 bits per heavy atom. The number of anilines is 1. The van der Waals surface area contributed by atoms with Crippen LogP contribution < -0.4 is 15.7 Å². The molecule has 4 rings (SSSR count). The maximum absolute atomic E-state index is 13.4. The molecule has 0 radical (unpaired) electrons. The molecule has 11 heteroatoms. The molecule has 0 unspecified atom stereocenters. The molecule has 0 saturated carbocycles. The second kappa shape index (κ2) is 9.53. The summed E-state index contributed by atoms with van der Waals surface area (Å²) >= 11 is 0. The number of carbonyl (C=O) groups is 4. The summed E-state index contributed by atoms with van der Waals surface area (Å²) < 4.78 is 39.5. The molecule has 2 heterocycles. The van der Waals surface area contributed by atoms with E-state index >= 15 is 0 Å². The van der Waals surface area contributed by atoms with Crippen molar-refractivity contribution in [3.63, 3.8) is 0 Å². The van der Waals surface area contributed by atoms with Gasteiger partial charge < -0.3 is 25.4 Å². The first-order valence-corrected chi connectivity index (χ1v) is 11.7. The number of hydrogen-bond donors (Lipinski definition) is 2. The number of nitrogens with one attached hydrogen (secondary N) is 2. The van der Waals surface area contributed by atoms with Gasteiger partial charge in [0.2, 0.25) is 11.8 Å². The van der Waals surface area contributed by atoms with Gasteiger partial charge in [-0.05, 0) is 53.6 Å². The summed E-state index contributed by atoms with van der Waals surface area (Å²) in [4.78, 5) is 51.1. The van der Waals surface area contributed by atoms with Crippen molar-refractivity contribution in [2.45, 2.75) is 51.4 Å². The Kier molecular flexibility index (Phi) is 6.74. The smallest absolute Gasteiger partial charge is 0.416 e. The quantitative estimate of drug-likeness (QED) is 0.612. The van der Waals surface area contributed by atoms with Gasteiger partial charge >= 0.3 is 6.18 Å². The van der Waals surface area contributed by atoms with Crippen LogP contribution in [-0.4, -0.2) is 47.2 Å². The Morgan fingerprint density at radius 1 is 1.08 bits per heavy atom. The number of nitrogens with zero attached hydrogens (tertiary/aromatic N) is 1. The van der Waals surface area contributed by atoms with Crippen LogP contribution >= 0.6 is 0 Å². The molecule has 8 nitrogen and oxygen atoms in total. The maximum Gasteiger partial charge on any atom is 0.416 e. The van der Waals surface area contributed by atoms with Crippen molar-refractivity contribution in [1.29, 1.82) is 0 Å². The molecule has 1 fully saturated rings. The minimum atomic E-state index is -4.52. The van der Waals surface area contributed by atoms with Crippen LogP contribution in [0.2, 0.25) is 0 Å². The number of amides is 3. The van der Waals surface area contributed by atoms with Gasteiger partial charge in [0.05, 0.1) is 16.8 Å². The number of carboxylic acid groups (broad SMARTS) is 1. The third-order valence-electron chi connectivity index (χ3n) is 6.52. The van der Waals surface area contributed by atoms with Crippen molar-refractivity contribution in [2.75, 3.05) is 11.9 Å². The number of alkyl halides is 3. The zero-order valence-corrected chi connectivity index (χ0v) is 20.1. The topological polar surface area (TPSA) is 119 Å². The molecule has 2 aromatic carbocycles. The van der Waals surface area contributed by atoms with Gasteiger partial charge in [-0.3, -0.25) is 14.4 Å². The van der Waals surface area contributed by atoms with Crippen LogP contribution in [0.5, 0.6) is 0 Å². The van der Waals surface area contributed by atoms with E-state index in [1.165, 1.54) is 35.2 Å². The molecule has 0 spiro atoms. The number of fused-ring (bicyclic) bond motifs is 2. The van der Waals surface area contributed by atoms with Crippen molar-refractivity contribution < 1.29 is 37.5 Å². The first-order chi connectivity index (χ1) is 17.2. The monoisotopic (exact) mass is 516 g/mol. The normalized spacial score (nSPS) is 19.5. The minimum Gasteiger partial charge on any atom is -0.550 e. The molecule has 2 aliphatic rings. The van der Waals surface area contributed by atoms with E-state index in [4.69, 9.17) is 0 Å². The van der Waals surface area contributed by atoms with Gasteiger partial charge in [-0.1, -0.05) is 32.0 Å². The van der Waals surface area contributed by atoms with E-state index in [9.17, 15) is 37.5 Å². The Bertz CT molecular complexity index is 1270. The van der Waals surface area contributed by atoms with E-state index in [2.05, 4.69) is 10.6 Å². The zero-order valence-electron chi connectivity index (χ0n) is 20.1. The number of carbonyl (C=O) groups excluding carboxylic acids is 4. The summed E-state index contributed by atoms with van der Waals surface area (Å²) in [6.07, 6.45) is -4.73.